The molecule has 0 bridgehead atoms. The summed E-state index contributed by atoms with van der Waals surface area (Å²) in [5, 5.41) is 0. The average Bonchev–Trinajstić information content (AvgIpc) is 2.34. The van der Waals surface area contributed by atoms with Crippen LogP contribution in [0.1, 0.15) is 46.5 Å². The van der Waals surface area contributed by atoms with Gasteiger partial charge in [-0.1, -0.05) is 32.8 Å². The van der Waals surface area contributed by atoms with Gasteiger partial charge >= 0.3 is 11.9 Å². The minimum absolute atomic E-state index is 0.264. The van der Waals surface area contributed by atoms with Crippen LogP contribution in [0.5, 0.6) is 0 Å². The van der Waals surface area contributed by atoms with Crippen molar-refractivity contribution in [2.45, 2.75) is 46.5 Å². The number of hydrogen-bond donors (Lipinski definition) is 0. The molecule has 0 rings (SSSR count). The molecular formula is C14H22O4. The molecule has 4 nitrogen and oxygen atoms in total. The smallest absolute Gasteiger partial charge is 0.337 e. The van der Waals surface area contributed by atoms with Crippen molar-refractivity contribution in [1.29, 1.82) is 0 Å². The molecule has 0 aliphatic heterocycles. The van der Waals surface area contributed by atoms with E-state index in [1.54, 1.807) is 6.92 Å². The van der Waals surface area contributed by atoms with Gasteiger partial charge in [0.05, 0.1) is 12.2 Å². The van der Waals surface area contributed by atoms with E-state index >= 15 is 0 Å². The SMILES string of the molecule is C=C(C)C(=O)OC=C(C)C(=O)OCCCCCC. The maximum atomic E-state index is 11.5. The molecule has 18 heavy (non-hydrogen) atoms. The molecule has 0 fully saturated rings. The first kappa shape index (κ1) is 16.4. The van der Waals surface area contributed by atoms with Crippen LogP contribution in [0.4, 0.5) is 0 Å². The minimum Gasteiger partial charge on any atom is -0.462 e. The fourth-order valence-corrected chi connectivity index (χ4v) is 1.10. The van der Waals surface area contributed by atoms with Gasteiger partial charge in [-0.3, -0.25) is 0 Å². The lowest BCUT2D eigenvalue weighted by Crippen LogP contribution is -2.09. The Balaban J connectivity index is 3.91. The fourth-order valence-electron chi connectivity index (χ4n) is 1.10. The number of esters is 2. The van der Waals surface area contributed by atoms with Crippen LogP contribution in [-0.4, -0.2) is 18.5 Å². The number of carbonyl (C=O) groups excluding carboxylic acids is 2. The Bertz CT molecular complexity index is 329. The Kier molecular flexibility index (Phi) is 8.62. The first-order valence-electron chi connectivity index (χ1n) is 6.19. The molecule has 0 atom stereocenters. The Morgan fingerprint density at radius 1 is 1.11 bits per heavy atom. The summed E-state index contributed by atoms with van der Waals surface area (Å²) in [6, 6.07) is 0. The standard InChI is InChI=1S/C14H22O4/c1-5-6-7-8-9-17-14(16)12(4)10-18-13(15)11(2)3/h10H,2,5-9H2,1,3-4H3. The van der Waals surface area contributed by atoms with E-state index in [0.29, 0.717) is 6.61 Å². The van der Waals surface area contributed by atoms with Crippen LogP contribution < -0.4 is 0 Å². The van der Waals surface area contributed by atoms with E-state index in [4.69, 9.17) is 9.47 Å². The van der Waals surface area contributed by atoms with Gasteiger partial charge in [0.1, 0.15) is 6.26 Å². The van der Waals surface area contributed by atoms with Gasteiger partial charge in [0.25, 0.3) is 0 Å². The first-order chi connectivity index (χ1) is 8.49. The van der Waals surface area contributed by atoms with Gasteiger partial charge in [-0.15, -0.1) is 0 Å². The molecule has 0 radical (unpaired) electrons. The lowest BCUT2D eigenvalue weighted by Gasteiger charge is -2.04. The van der Waals surface area contributed by atoms with Gasteiger partial charge in [0.15, 0.2) is 0 Å². The summed E-state index contributed by atoms with van der Waals surface area (Å²) in [7, 11) is 0. The van der Waals surface area contributed by atoms with E-state index in [-0.39, 0.29) is 11.1 Å². The molecule has 0 aromatic rings. The predicted octanol–water partition coefficient (Wildman–Crippen LogP) is 3.13. The third-order valence-electron chi connectivity index (χ3n) is 2.24. The fraction of sp³-hybridized carbons (Fsp3) is 0.571. The second-order valence-corrected chi connectivity index (χ2v) is 4.18. The summed E-state index contributed by atoms with van der Waals surface area (Å²) in [6.07, 6.45) is 5.30. The summed E-state index contributed by atoms with van der Waals surface area (Å²) in [4.78, 5) is 22.5. The minimum atomic E-state index is -0.551. The Morgan fingerprint density at radius 2 is 1.78 bits per heavy atom. The van der Waals surface area contributed by atoms with Crippen LogP contribution in [0.25, 0.3) is 0 Å². The molecule has 0 aromatic carbocycles. The van der Waals surface area contributed by atoms with Crippen molar-refractivity contribution in [3.8, 4) is 0 Å². The van der Waals surface area contributed by atoms with Gasteiger partial charge in [-0.05, 0) is 20.3 Å². The van der Waals surface area contributed by atoms with E-state index in [9.17, 15) is 9.59 Å². The number of unbranched alkanes of at least 4 members (excludes halogenated alkanes) is 3. The molecule has 0 saturated heterocycles. The first-order valence-corrected chi connectivity index (χ1v) is 6.19. The molecule has 0 aliphatic rings. The molecule has 4 heteroatoms. The molecule has 0 heterocycles. The number of ether oxygens (including phenoxy) is 2. The average molecular weight is 254 g/mol. The highest BCUT2D eigenvalue weighted by atomic mass is 16.5. The monoisotopic (exact) mass is 254 g/mol. The van der Waals surface area contributed by atoms with Crippen LogP contribution in [-0.2, 0) is 19.1 Å². The number of hydrogen-bond acceptors (Lipinski definition) is 4. The van der Waals surface area contributed by atoms with Crippen LogP contribution >= 0.6 is 0 Å². The molecule has 0 unspecified atom stereocenters. The van der Waals surface area contributed by atoms with Crippen LogP contribution in [0.2, 0.25) is 0 Å². The topological polar surface area (TPSA) is 52.6 Å². The summed E-state index contributed by atoms with van der Waals surface area (Å²) < 4.78 is 9.75. The third kappa shape index (κ3) is 7.65. The molecule has 0 spiro atoms. The normalized spacial score (nSPS) is 10.9. The summed E-state index contributed by atoms with van der Waals surface area (Å²) >= 11 is 0. The van der Waals surface area contributed by atoms with E-state index in [2.05, 4.69) is 13.5 Å². The molecule has 0 aromatic heterocycles. The third-order valence-corrected chi connectivity index (χ3v) is 2.24. The molecule has 0 N–H and O–H groups in total. The van der Waals surface area contributed by atoms with Crippen LogP contribution in [0.3, 0.4) is 0 Å². The van der Waals surface area contributed by atoms with Gasteiger partial charge in [-0.25, -0.2) is 9.59 Å². The molecule has 0 saturated carbocycles. The summed E-state index contributed by atoms with van der Waals surface area (Å²) in [5.74, 6) is -1.01. The molecule has 102 valence electrons. The molecule has 0 aliphatic carbocycles. The van der Waals surface area contributed by atoms with Crippen molar-refractivity contribution in [3.05, 3.63) is 24.0 Å². The van der Waals surface area contributed by atoms with Crippen molar-refractivity contribution in [3.63, 3.8) is 0 Å². The van der Waals surface area contributed by atoms with Gasteiger partial charge in [0.2, 0.25) is 0 Å². The number of rotatable bonds is 8. The molecule has 0 amide bonds. The van der Waals surface area contributed by atoms with Gasteiger partial charge in [0, 0.05) is 5.57 Å². The van der Waals surface area contributed by atoms with Gasteiger partial charge in [-0.2, -0.15) is 0 Å². The zero-order valence-corrected chi connectivity index (χ0v) is 11.5. The van der Waals surface area contributed by atoms with Gasteiger partial charge < -0.3 is 9.47 Å². The van der Waals surface area contributed by atoms with Crippen molar-refractivity contribution in [2.24, 2.45) is 0 Å². The zero-order chi connectivity index (χ0) is 14.0. The zero-order valence-electron chi connectivity index (χ0n) is 11.5. The van der Waals surface area contributed by atoms with E-state index in [1.165, 1.54) is 6.92 Å². The lowest BCUT2D eigenvalue weighted by molar-refractivity contribution is -0.139. The number of carbonyl (C=O) groups is 2. The highest BCUT2D eigenvalue weighted by Gasteiger charge is 2.08. The summed E-state index contributed by atoms with van der Waals surface area (Å²) in [5.41, 5.74) is 0.548. The predicted molar refractivity (Wildman–Crippen MR) is 69.8 cm³/mol. The van der Waals surface area contributed by atoms with Crippen molar-refractivity contribution < 1.29 is 19.1 Å². The van der Waals surface area contributed by atoms with Crippen LogP contribution in [0.15, 0.2) is 24.0 Å². The molecular weight excluding hydrogens is 232 g/mol. The Hall–Kier alpha value is -1.58. The highest BCUT2D eigenvalue weighted by Crippen LogP contribution is 2.03. The van der Waals surface area contributed by atoms with Crippen molar-refractivity contribution in [2.75, 3.05) is 6.61 Å². The summed E-state index contributed by atoms with van der Waals surface area (Å²) in [6.45, 7) is 9.04. The van der Waals surface area contributed by atoms with Crippen LogP contribution in [0, 0.1) is 0 Å². The van der Waals surface area contributed by atoms with Crippen molar-refractivity contribution >= 4 is 11.9 Å². The maximum Gasteiger partial charge on any atom is 0.337 e. The van der Waals surface area contributed by atoms with E-state index in [1.807, 2.05) is 0 Å². The second-order valence-electron chi connectivity index (χ2n) is 4.18. The second kappa shape index (κ2) is 9.45. The Morgan fingerprint density at radius 3 is 2.33 bits per heavy atom. The van der Waals surface area contributed by atoms with E-state index in [0.717, 1.165) is 31.9 Å². The highest BCUT2D eigenvalue weighted by molar-refractivity contribution is 5.90. The maximum absolute atomic E-state index is 11.5. The van der Waals surface area contributed by atoms with Crippen molar-refractivity contribution in [1.82, 2.24) is 0 Å². The quantitative estimate of drug-likeness (QED) is 0.289. The lowest BCUT2D eigenvalue weighted by atomic mass is 10.2. The largest absolute Gasteiger partial charge is 0.462 e. The Labute approximate surface area is 109 Å². The van der Waals surface area contributed by atoms with E-state index < -0.39 is 11.9 Å².